The van der Waals surface area contributed by atoms with Crippen LogP contribution in [-0.2, 0) is 40.6 Å². The summed E-state index contributed by atoms with van der Waals surface area (Å²) < 4.78 is 6.87. The second-order valence-corrected chi connectivity index (χ2v) is 9.85. The Morgan fingerprint density at radius 1 is 1.23 bits per heavy atom. The average Bonchev–Trinajstić information content (AvgIpc) is 3.45. The fourth-order valence-corrected chi connectivity index (χ4v) is 6.01. The van der Waals surface area contributed by atoms with Gasteiger partial charge in [0.15, 0.2) is 16.1 Å². The number of carbonyl (C=O) groups excluding carboxylic acids is 2. The van der Waals surface area contributed by atoms with Crippen LogP contribution in [0.5, 0.6) is 0 Å². The molecule has 0 aliphatic heterocycles. The maximum Gasteiger partial charge on any atom is 0.311 e. The fourth-order valence-electron chi connectivity index (χ4n) is 3.45. The van der Waals surface area contributed by atoms with Gasteiger partial charge in [0.2, 0.25) is 5.91 Å². The fraction of sp³-hybridized carbons (Fsp3) is 0.450. The summed E-state index contributed by atoms with van der Waals surface area (Å²) in [7, 11) is 1.94. The second kappa shape index (κ2) is 9.92. The molecule has 0 saturated heterocycles. The highest BCUT2D eigenvalue weighted by Gasteiger charge is 2.21. The molecule has 0 saturated carbocycles. The Balaban J connectivity index is 1.34. The van der Waals surface area contributed by atoms with Crippen LogP contribution < -0.4 is 5.32 Å². The van der Waals surface area contributed by atoms with Crippen molar-refractivity contribution in [2.24, 2.45) is 7.05 Å². The van der Waals surface area contributed by atoms with E-state index in [0.717, 1.165) is 18.7 Å². The zero-order valence-electron chi connectivity index (χ0n) is 17.3. The molecule has 0 radical (unpaired) electrons. The maximum atomic E-state index is 12.3. The number of carbonyl (C=O) groups is 2. The van der Waals surface area contributed by atoms with Gasteiger partial charge in [-0.1, -0.05) is 11.8 Å². The third-order valence-electron chi connectivity index (χ3n) is 4.90. The van der Waals surface area contributed by atoms with Crippen LogP contribution in [-0.4, -0.2) is 44.0 Å². The number of amides is 1. The van der Waals surface area contributed by atoms with Crippen molar-refractivity contribution in [3.63, 3.8) is 0 Å². The van der Waals surface area contributed by atoms with Crippen LogP contribution in [0.15, 0.2) is 15.9 Å². The number of thiazole rings is 1. The highest BCUT2D eigenvalue weighted by Crippen LogP contribution is 2.36. The Kier molecular flexibility index (Phi) is 7.03. The molecule has 3 aromatic heterocycles. The number of fused-ring (bicyclic) bond motifs is 1. The van der Waals surface area contributed by atoms with E-state index in [1.165, 1.54) is 51.9 Å². The zero-order chi connectivity index (χ0) is 21.8. The first-order valence-corrected chi connectivity index (χ1v) is 12.8. The van der Waals surface area contributed by atoms with E-state index in [2.05, 4.69) is 25.9 Å². The maximum absolute atomic E-state index is 12.3. The molecule has 8 nitrogen and oxygen atoms in total. The lowest BCUT2D eigenvalue weighted by Crippen LogP contribution is -2.14. The molecule has 1 aliphatic rings. The van der Waals surface area contributed by atoms with E-state index >= 15 is 0 Å². The van der Waals surface area contributed by atoms with E-state index in [0.29, 0.717) is 22.6 Å². The molecular formula is C20H23N5O3S3. The summed E-state index contributed by atoms with van der Waals surface area (Å²) in [6.07, 6.45) is 4.82. The van der Waals surface area contributed by atoms with Crippen molar-refractivity contribution in [3.8, 4) is 11.4 Å². The Labute approximate surface area is 192 Å². The molecule has 3 aromatic rings. The largest absolute Gasteiger partial charge is 0.466 e. The number of esters is 1. The molecule has 0 bridgehead atoms. The first-order chi connectivity index (χ1) is 15.0. The number of thioether (sulfide) groups is 1. The smallest absolute Gasteiger partial charge is 0.311 e. The predicted octanol–water partition coefficient (Wildman–Crippen LogP) is 3.72. The van der Waals surface area contributed by atoms with Gasteiger partial charge in [0, 0.05) is 28.2 Å². The van der Waals surface area contributed by atoms with E-state index in [1.54, 1.807) is 23.6 Å². The summed E-state index contributed by atoms with van der Waals surface area (Å²) >= 11 is 4.43. The minimum Gasteiger partial charge on any atom is -0.466 e. The first kappa shape index (κ1) is 22.0. The normalized spacial score (nSPS) is 13.1. The highest BCUT2D eigenvalue weighted by molar-refractivity contribution is 7.99. The Morgan fingerprint density at radius 3 is 2.90 bits per heavy atom. The molecule has 4 rings (SSSR count). The number of aromatic nitrogens is 4. The molecule has 1 amide bonds. The van der Waals surface area contributed by atoms with Gasteiger partial charge in [-0.15, -0.1) is 32.9 Å². The van der Waals surface area contributed by atoms with Gasteiger partial charge in [0.1, 0.15) is 0 Å². The lowest BCUT2D eigenvalue weighted by atomic mass is 9.96. The molecule has 164 valence electrons. The summed E-state index contributed by atoms with van der Waals surface area (Å²) in [5, 5.41) is 16.5. The van der Waals surface area contributed by atoms with Crippen molar-refractivity contribution in [2.75, 3.05) is 17.7 Å². The monoisotopic (exact) mass is 477 g/mol. The molecule has 31 heavy (non-hydrogen) atoms. The minimum atomic E-state index is -0.328. The van der Waals surface area contributed by atoms with Gasteiger partial charge in [-0.25, -0.2) is 4.98 Å². The molecule has 1 aliphatic carbocycles. The minimum absolute atomic E-state index is 0.100. The van der Waals surface area contributed by atoms with Crippen molar-refractivity contribution >= 4 is 51.4 Å². The number of anilines is 1. The number of thiophene rings is 1. The van der Waals surface area contributed by atoms with Gasteiger partial charge < -0.3 is 14.6 Å². The van der Waals surface area contributed by atoms with E-state index in [4.69, 9.17) is 4.74 Å². The van der Waals surface area contributed by atoms with Gasteiger partial charge >= 0.3 is 5.97 Å². The molecule has 0 aromatic carbocycles. The predicted molar refractivity (Wildman–Crippen MR) is 123 cm³/mol. The molecule has 3 heterocycles. The van der Waals surface area contributed by atoms with Gasteiger partial charge in [0.25, 0.3) is 0 Å². The van der Waals surface area contributed by atoms with Gasteiger partial charge in [0.05, 0.1) is 24.5 Å². The Hall–Kier alpha value is -2.24. The summed E-state index contributed by atoms with van der Waals surface area (Å²) in [4.78, 5) is 29.6. The number of nitrogens with one attached hydrogen (secondary N) is 1. The number of rotatable bonds is 8. The standard InChI is InChI=1S/C20H23N5O3S3/c1-3-28-17(27)8-12-9-30-19(21-12)22-16(26)11-31-20-24-23-18(25(20)2)14-10-29-15-7-5-4-6-13(14)15/h9-10H,3-8,11H2,1-2H3,(H,21,22,26). The molecule has 0 unspecified atom stereocenters. The van der Waals surface area contributed by atoms with Gasteiger partial charge in [-0.2, -0.15) is 0 Å². The van der Waals surface area contributed by atoms with E-state index in [-0.39, 0.29) is 24.1 Å². The number of hydrogen-bond donors (Lipinski definition) is 1. The van der Waals surface area contributed by atoms with Crippen molar-refractivity contribution < 1.29 is 14.3 Å². The summed E-state index contributed by atoms with van der Waals surface area (Å²) in [5.41, 5.74) is 3.16. The van der Waals surface area contributed by atoms with E-state index < -0.39 is 0 Å². The third-order valence-corrected chi connectivity index (χ3v) is 7.81. The summed E-state index contributed by atoms with van der Waals surface area (Å²) in [6, 6.07) is 0. The molecular weight excluding hydrogens is 454 g/mol. The molecule has 0 atom stereocenters. The van der Waals surface area contributed by atoms with E-state index in [1.807, 2.05) is 11.6 Å². The number of hydrogen-bond acceptors (Lipinski definition) is 9. The van der Waals surface area contributed by atoms with Crippen molar-refractivity contribution in [3.05, 3.63) is 26.9 Å². The van der Waals surface area contributed by atoms with E-state index in [9.17, 15) is 9.59 Å². The highest BCUT2D eigenvalue weighted by atomic mass is 32.2. The molecule has 1 N–H and O–H groups in total. The molecule has 0 spiro atoms. The van der Waals surface area contributed by atoms with Crippen LogP contribution in [0, 0.1) is 0 Å². The van der Waals surface area contributed by atoms with Crippen molar-refractivity contribution in [2.45, 2.75) is 44.2 Å². The van der Waals surface area contributed by atoms with Gasteiger partial charge in [-0.05, 0) is 38.2 Å². The van der Waals surface area contributed by atoms with Crippen LogP contribution in [0.25, 0.3) is 11.4 Å². The van der Waals surface area contributed by atoms with Crippen molar-refractivity contribution in [1.29, 1.82) is 0 Å². The topological polar surface area (TPSA) is 99.0 Å². The lowest BCUT2D eigenvalue weighted by Gasteiger charge is -2.12. The third kappa shape index (κ3) is 5.16. The SMILES string of the molecule is CCOC(=O)Cc1csc(NC(=O)CSc2nnc(-c3csc4c3CCCC4)n2C)n1. The Morgan fingerprint density at radius 2 is 2.06 bits per heavy atom. The number of aryl methyl sites for hydroxylation is 1. The molecule has 11 heteroatoms. The van der Waals surface area contributed by atoms with Gasteiger partial charge in [-0.3, -0.25) is 9.59 Å². The molecule has 0 fully saturated rings. The quantitative estimate of drug-likeness (QED) is 0.390. The summed E-state index contributed by atoms with van der Waals surface area (Å²) in [6.45, 7) is 2.10. The zero-order valence-corrected chi connectivity index (χ0v) is 19.8. The number of ether oxygens (including phenoxy) is 1. The average molecular weight is 478 g/mol. The van der Waals surface area contributed by atoms with Crippen molar-refractivity contribution in [1.82, 2.24) is 19.7 Å². The van der Waals surface area contributed by atoms with Crippen LogP contribution >= 0.6 is 34.4 Å². The number of nitrogens with zero attached hydrogens (tertiary/aromatic N) is 4. The van der Waals surface area contributed by atoms with Crippen LogP contribution in [0.3, 0.4) is 0 Å². The van der Waals surface area contributed by atoms with Crippen LogP contribution in [0.1, 0.15) is 35.9 Å². The van der Waals surface area contributed by atoms with Crippen LogP contribution in [0.2, 0.25) is 0 Å². The first-order valence-electron chi connectivity index (χ1n) is 10.1. The van der Waals surface area contributed by atoms with Crippen LogP contribution in [0.4, 0.5) is 5.13 Å². The lowest BCUT2D eigenvalue weighted by molar-refractivity contribution is -0.142. The Bertz CT molecular complexity index is 1090. The second-order valence-electron chi connectivity index (χ2n) is 7.09. The summed E-state index contributed by atoms with van der Waals surface area (Å²) in [5.74, 6) is 0.539.